The SMILES string of the molecule is C.C1CCOC1.CC(=O)SCCC(=O)Cl.CC(=O)SCCC(=O)O. The van der Waals surface area contributed by atoms with Gasteiger partial charge in [0.25, 0.3) is 0 Å². The van der Waals surface area contributed by atoms with Crippen molar-refractivity contribution in [1.82, 2.24) is 0 Å². The molecule has 1 saturated heterocycles. The van der Waals surface area contributed by atoms with Crippen molar-refractivity contribution in [1.29, 1.82) is 0 Å². The van der Waals surface area contributed by atoms with E-state index in [4.69, 9.17) is 21.4 Å². The van der Waals surface area contributed by atoms with Crippen molar-refractivity contribution in [3.8, 4) is 0 Å². The monoisotopic (exact) mass is 402 g/mol. The second-order valence-corrected chi connectivity index (χ2v) is 7.21. The summed E-state index contributed by atoms with van der Waals surface area (Å²) >= 11 is 7.15. The molecule has 142 valence electrons. The van der Waals surface area contributed by atoms with Crippen molar-refractivity contribution in [3.63, 3.8) is 0 Å². The van der Waals surface area contributed by atoms with Crippen LogP contribution in [0.5, 0.6) is 0 Å². The Hall–Kier alpha value is -0.570. The van der Waals surface area contributed by atoms with Gasteiger partial charge in [-0.2, -0.15) is 0 Å². The quantitative estimate of drug-likeness (QED) is 0.673. The van der Waals surface area contributed by atoms with Gasteiger partial charge in [-0.25, -0.2) is 0 Å². The summed E-state index contributed by atoms with van der Waals surface area (Å²) in [6, 6.07) is 0. The van der Waals surface area contributed by atoms with Crippen molar-refractivity contribution in [2.75, 3.05) is 24.7 Å². The normalized spacial score (nSPS) is 11.8. The third-order valence-corrected chi connectivity index (χ3v) is 3.87. The second kappa shape index (κ2) is 20.5. The first-order valence-corrected chi connectivity index (χ1v) is 9.35. The lowest BCUT2D eigenvalue weighted by Gasteiger charge is -1.89. The Bertz CT molecular complexity index is 307. The number of carbonyl (C=O) groups excluding carboxylic acids is 3. The summed E-state index contributed by atoms with van der Waals surface area (Å²) in [5, 5.41) is 7.71. The molecule has 24 heavy (non-hydrogen) atoms. The zero-order chi connectivity index (χ0) is 18.1. The number of thioether (sulfide) groups is 2. The molecule has 0 saturated carbocycles. The van der Waals surface area contributed by atoms with E-state index in [0.29, 0.717) is 11.5 Å². The van der Waals surface area contributed by atoms with Gasteiger partial charge in [-0.05, 0) is 24.4 Å². The topological polar surface area (TPSA) is 97.7 Å². The lowest BCUT2D eigenvalue weighted by atomic mass is 10.4. The number of halogens is 1. The van der Waals surface area contributed by atoms with Gasteiger partial charge in [-0.1, -0.05) is 31.0 Å². The Morgan fingerprint density at radius 2 is 1.38 bits per heavy atom. The highest BCUT2D eigenvalue weighted by atomic mass is 35.5. The van der Waals surface area contributed by atoms with Gasteiger partial charge in [0, 0.05) is 45.0 Å². The molecule has 0 aromatic carbocycles. The van der Waals surface area contributed by atoms with Crippen LogP contribution in [0.1, 0.15) is 47.0 Å². The van der Waals surface area contributed by atoms with Crippen molar-refractivity contribution in [2.45, 2.75) is 47.0 Å². The number of ether oxygens (including phenoxy) is 1. The van der Waals surface area contributed by atoms with Gasteiger partial charge in [0.1, 0.15) is 0 Å². The molecule has 1 rings (SSSR count). The van der Waals surface area contributed by atoms with Gasteiger partial charge in [0.05, 0.1) is 6.42 Å². The molecule has 1 fully saturated rings. The van der Waals surface area contributed by atoms with Gasteiger partial charge in [0.15, 0.2) is 10.2 Å². The van der Waals surface area contributed by atoms with Gasteiger partial charge in [0.2, 0.25) is 5.24 Å². The summed E-state index contributed by atoms with van der Waals surface area (Å²) in [4.78, 5) is 40.4. The highest BCUT2D eigenvalue weighted by Crippen LogP contribution is 2.04. The molecular formula is C15H27ClO6S2. The van der Waals surface area contributed by atoms with Gasteiger partial charge >= 0.3 is 5.97 Å². The zero-order valence-corrected chi connectivity index (χ0v) is 15.7. The largest absolute Gasteiger partial charge is 0.481 e. The molecule has 1 heterocycles. The summed E-state index contributed by atoms with van der Waals surface area (Å²) < 4.78 is 4.94. The average molecular weight is 403 g/mol. The fraction of sp³-hybridized carbons (Fsp3) is 0.733. The molecule has 0 radical (unpaired) electrons. The van der Waals surface area contributed by atoms with Crippen LogP contribution < -0.4 is 0 Å². The van der Waals surface area contributed by atoms with Crippen LogP contribution in [0.15, 0.2) is 0 Å². The first-order chi connectivity index (χ1) is 10.8. The first kappa shape index (κ1) is 28.2. The highest BCUT2D eigenvalue weighted by Gasteiger charge is 1.98. The van der Waals surface area contributed by atoms with E-state index in [1.165, 1.54) is 26.7 Å². The summed E-state index contributed by atoms with van der Waals surface area (Å²) in [5.74, 6) is 0.0197. The number of aliphatic carboxylic acids is 1. The average Bonchev–Trinajstić information content (AvgIpc) is 2.96. The lowest BCUT2D eigenvalue weighted by Crippen LogP contribution is -1.97. The minimum Gasteiger partial charge on any atom is -0.481 e. The van der Waals surface area contributed by atoms with Crippen LogP contribution in [0.25, 0.3) is 0 Å². The fourth-order valence-corrected chi connectivity index (χ4v) is 2.41. The van der Waals surface area contributed by atoms with Crippen LogP contribution in [-0.2, 0) is 23.9 Å². The zero-order valence-electron chi connectivity index (χ0n) is 13.3. The maximum Gasteiger partial charge on any atom is 0.304 e. The van der Waals surface area contributed by atoms with Crippen molar-refractivity contribution in [3.05, 3.63) is 0 Å². The van der Waals surface area contributed by atoms with E-state index < -0.39 is 5.97 Å². The van der Waals surface area contributed by atoms with Crippen LogP contribution in [-0.4, -0.2) is 51.3 Å². The van der Waals surface area contributed by atoms with E-state index in [2.05, 4.69) is 0 Å². The molecule has 0 aliphatic carbocycles. The van der Waals surface area contributed by atoms with Crippen LogP contribution in [0, 0.1) is 0 Å². The Kier molecular flexibility index (Phi) is 24.1. The Labute approximate surface area is 157 Å². The summed E-state index contributed by atoms with van der Waals surface area (Å²) in [5.41, 5.74) is 0. The van der Waals surface area contributed by atoms with Crippen molar-refractivity contribution >= 4 is 56.6 Å². The van der Waals surface area contributed by atoms with Gasteiger partial charge < -0.3 is 9.84 Å². The van der Waals surface area contributed by atoms with E-state index in [1.807, 2.05) is 0 Å². The van der Waals surface area contributed by atoms with Gasteiger partial charge in [-0.3, -0.25) is 19.2 Å². The Morgan fingerprint density at radius 3 is 1.62 bits per heavy atom. The van der Waals surface area contributed by atoms with Crippen LogP contribution in [0.4, 0.5) is 0 Å². The Balaban J connectivity index is -0.000000279. The fourth-order valence-electron chi connectivity index (χ4n) is 1.07. The van der Waals surface area contributed by atoms with E-state index in [9.17, 15) is 19.2 Å². The van der Waals surface area contributed by atoms with Crippen LogP contribution in [0.3, 0.4) is 0 Å². The summed E-state index contributed by atoms with van der Waals surface area (Å²) in [6.45, 7) is 4.88. The molecule has 0 amide bonds. The predicted octanol–water partition coefficient (Wildman–Crippen LogP) is 3.60. The maximum atomic E-state index is 10.2. The van der Waals surface area contributed by atoms with Gasteiger partial charge in [-0.15, -0.1) is 0 Å². The summed E-state index contributed by atoms with van der Waals surface area (Å²) in [6.07, 6.45) is 2.88. The molecule has 0 unspecified atom stereocenters. The maximum absolute atomic E-state index is 10.2. The predicted molar refractivity (Wildman–Crippen MR) is 101 cm³/mol. The molecule has 9 heteroatoms. The minimum atomic E-state index is -0.858. The number of carbonyl (C=O) groups is 4. The molecule has 1 aliphatic heterocycles. The van der Waals surface area contributed by atoms with Crippen molar-refractivity contribution < 1.29 is 29.0 Å². The molecule has 0 bridgehead atoms. The van der Waals surface area contributed by atoms with E-state index in [-0.39, 0.29) is 35.7 Å². The number of carboxylic acid groups (broad SMARTS) is 1. The highest BCUT2D eigenvalue weighted by molar-refractivity contribution is 8.13. The number of hydrogen-bond donors (Lipinski definition) is 1. The second-order valence-electron chi connectivity index (χ2n) is 4.25. The smallest absolute Gasteiger partial charge is 0.304 e. The molecule has 1 N–H and O–H groups in total. The molecule has 0 atom stereocenters. The van der Waals surface area contributed by atoms with Crippen molar-refractivity contribution in [2.24, 2.45) is 0 Å². The summed E-state index contributed by atoms with van der Waals surface area (Å²) in [7, 11) is 0. The molecule has 6 nitrogen and oxygen atoms in total. The molecule has 0 aromatic rings. The van der Waals surface area contributed by atoms with Crippen LogP contribution in [0.2, 0.25) is 0 Å². The number of rotatable bonds is 6. The molecule has 0 spiro atoms. The number of carboxylic acids is 1. The lowest BCUT2D eigenvalue weighted by molar-refractivity contribution is -0.136. The number of hydrogen-bond acceptors (Lipinski definition) is 7. The first-order valence-electron chi connectivity index (χ1n) is 7.00. The van der Waals surface area contributed by atoms with E-state index >= 15 is 0 Å². The third kappa shape index (κ3) is 33.1. The third-order valence-electron chi connectivity index (χ3n) is 2.05. The molecular weight excluding hydrogens is 376 g/mol. The Morgan fingerprint density at radius 1 is 0.958 bits per heavy atom. The molecule has 1 aliphatic rings. The standard InChI is InChI=1S/C5H7ClO2S.C5H8O3S.C4H8O.CH4/c1-4(7)9-3-2-5(6)8;1-4(6)9-3-2-5(7)8;1-2-4-5-3-1;/h2-3H2,1H3;2-3H2,1H3,(H,7,8);1-4H2;1H4. The molecule has 0 aromatic heterocycles. The van der Waals surface area contributed by atoms with E-state index in [0.717, 1.165) is 36.7 Å². The van der Waals surface area contributed by atoms with E-state index in [1.54, 1.807) is 0 Å². The van der Waals surface area contributed by atoms with Crippen LogP contribution >= 0.6 is 35.1 Å². The minimum absolute atomic E-state index is 0.